The molecule has 30 heavy (non-hydrogen) atoms. The fourth-order valence-electron chi connectivity index (χ4n) is 4.14. The van der Waals surface area contributed by atoms with E-state index in [4.69, 9.17) is 11.1 Å². The second kappa shape index (κ2) is 7.72. The molecule has 4 rings (SSSR count). The molecule has 0 amide bonds. The number of aromatic nitrogens is 3. The molecular formula is C23H30N6O. The lowest BCUT2D eigenvalue weighted by atomic mass is 9.92. The zero-order chi connectivity index (χ0) is 21.5. The van der Waals surface area contributed by atoms with Gasteiger partial charge in [-0.3, -0.25) is 14.9 Å². The maximum absolute atomic E-state index is 12.6. The molecule has 0 radical (unpaired) electrons. The quantitative estimate of drug-likeness (QED) is 0.447. The topological polar surface area (TPSA) is 104 Å². The number of rotatable bonds is 5. The molecule has 0 spiro atoms. The summed E-state index contributed by atoms with van der Waals surface area (Å²) in [5.74, 6) is 0.761. The third-order valence-electron chi connectivity index (χ3n) is 5.82. The first-order valence-corrected chi connectivity index (χ1v) is 10.5. The number of nitrogens with zero attached hydrogens (tertiary/aromatic N) is 3. The fraction of sp³-hybridized carbons (Fsp3) is 0.435. The highest BCUT2D eigenvalue weighted by Crippen LogP contribution is 2.25. The van der Waals surface area contributed by atoms with E-state index in [0.717, 1.165) is 42.8 Å². The summed E-state index contributed by atoms with van der Waals surface area (Å²) < 4.78 is 1.60. The Hall–Kier alpha value is -2.93. The molecule has 7 nitrogen and oxygen atoms in total. The van der Waals surface area contributed by atoms with Gasteiger partial charge < -0.3 is 10.7 Å². The first kappa shape index (κ1) is 20.3. The highest BCUT2D eigenvalue weighted by molar-refractivity contribution is 5.77. The van der Waals surface area contributed by atoms with Crippen molar-refractivity contribution in [1.82, 2.24) is 19.4 Å². The Morgan fingerprint density at radius 3 is 2.70 bits per heavy atom. The molecule has 4 N–H and O–H groups in total. The number of aromatic amines is 1. The highest BCUT2D eigenvalue weighted by atomic mass is 16.1. The second-order valence-corrected chi connectivity index (χ2v) is 9.42. The highest BCUT2D eigenvalue weighted by Gasteiger charge is 2.23. The van der Waals surface area contributed by atoms with Gasteiger partial charge in [-0.05, 0) is 42.6 Å². The molecule has 3 heterocycles. The van der Waals surface area contributed by atoms with Gasteiger partial charge in [-0.15, -0.1) is 0 Å². The van der Waals surface area contributed by atoms with Crippen LogP contribution in [0.2, 0.25) is 0 Å². The Morgan fingerprint density at radius 2 is 2.03 bits per heavy atom. The summed E-state index contributed by atoms with van der Waals surface area (Å²) >= 11 is 0. The maximum Gasteiger partial charge on any atom is 0.354 e. The Labute approximate surface area is 176 Å². The van der Waals surface area contributed by atoms with Crippen LogP contribution in [0.5, 0.6) is 0 Å². The number of benzene rings is 1. The third kappa shape index (κ3) is 4.31. The van der Waals surface area contributed by atoms with E-state index in [1.54, 1.807) is 4.57 Å². The number of amidine groups is 1. The van der Waals surface area contributed by atoms with Gasteiger partial charge in [-0.25, -0.2) is 4.79 Å². The van der Waals surface area contributed by atoms with Crippen LogP contribution >= 0.6 is 0 Å². The molecule has 3 aromatic rings. The van der Waals surface area contributed by atoms with Crippen molar-refractivity contribution in [2.75, 3.05) is 13.1 Å². The van der Waals surface area contributed by atoms with Gasteiger partial charge >= 0.3 is 5.69 Å². The van der Waals surface area contributed by atoms with Gasteiger partial charge in [0.25, 0.3) is 0 Å². The molecule has 2 aromatic heterocycles. The van der Waals surface area contributed by atoms with Crippen molar-refractivity contribution in [2.24, 2.45) is 11.7 Å². The smallest absolute Gasteiger partial charge is 0.354 e. The standard InChI is InChI=1S/C23H30N6O/c1-23(2,3)19-11-17-14-29(22(30)27-21(17)26-19)18-6-4-15(5-7-18)12-28-9-8-16(13-28)10-20(24)25/h4-7,11,14,16H,8-10,12-13H2,1-3H3,(H3,24,25)(H,26,27,30)/t16-/m0/s1. The zero-order valence-corrected chi connectivity index (χ0v) is 17.9. The normalized spacial score (nSPS) is 17.6. The van der Waals surface area contributed by atoms with E-state index < -0.39 is 0 Å². The van der Waals surface area contributed by atoms with Crippen LogP contribution in [0.1, 0.15) is 44.9 Å². The number of hydrogen-bond acceptors (Lipinski definition) is 4. The number of nitrogens with one attached hydrogen (secondary N) is 2. The van der Waals surface area contributed by atoms with Crippen LogP contribution in [0.4, 0.5) is 0 Å². The first-order valence-electron chi connectivity index (χ1n) is 10.5. The Kier molecular flexibility index (Phi) is 5.24. The molecule has 0 aliphatic carbocycles. The van der Waals surface area contributed by atoms with Gasteiger partial charge in [0.15, 0.2) is 0 Å². The molecular weight excluding hydrogens is 376 g/mol. The average Bonchev–Trinajstić information content (AvgIpc) is 3.27. The molecule has 1 saturated heterocycles. The lowest BCUT2D eigenvalue weighted by Crippen LogP contribution is -2.22. The number of likely N-dealkylation sites (tertiary alicyclic amines) is 1. The van der Waals surface area contributed by atoms with Gasteiger partial charge in [-0.2, -0.15) is 4.98 Å². The average molecular weight is 407 g/mol. The van der Waals surface area contributed by atoms with Gasteiger partial charge in [0.2, 0.25) is 0 Å². The van der Waals surface area contributed by atoms with E-state index in [-0.39, 0.29) is 16.9 Å². The number of fused-ring (bicyclic) bond motifs is 1. The molecule has 0 unspecified atom stereocenters. The van der Waals surface area contributed by atoms with E-state index in [1.807, 2.05) is 18.3 Å². The molecule has 1 atom stereocenters. The van der Waals surface area contributed by atoms with E-state index >= 15 is 0 Å². The van der Waals surface area contributed by atoms with Gasteiger partial charge in [0.1, 0.15) is 5.65 Å². The third-order valence-corrected chi connectivity index (χ3v) is 5.82. The van der Waals surface area contributed by atoms with Crippen molar-refractivity contribution in [3.8, 4) is 5.69 Å². The summed E-state index contributed by atoms with van der Waals surface area (Å²) in [7, 11) is 0. The lowest BCUT2D eigenvalue weighted by molar-refractivity contribution is 0.318. The number of hydrogen-bond donors (Lipinski definition) is 3. The summed E-state index contributed by atoms with van der Waals surface area (Å²) in [5.41, 5.74) is 8.94. The van der Waals surface area contributed by atoms with Crippen molar-refractivity contribution >= 4 is 16.9 Å². The van der Waals surface area contributed by atoms with Crippen molar-refractivity contribution < 1.29 is 0 Å². The largest absolute Gasteiger partial charge is 0.388 e. The molecule has 158 valence electrons. The predicted octanol–water partition coefficient (Wildman–Crippen LogP) is 3.16. The van der Waals surface area contributed by atoms with Crippen LogP contribution in [-0.4, -0.2) is 38.4 Å². The summed E-state index contributed by atoms with van der Waals surface area (Å²) in [6, 6.07) is 10.2. The molecule has 0 bridgehead atoms. The van der Waals surface area contributed by atoms with Crippen molar-refractivity contribution in [2.45, 2.75) is 45.6 Å². The van der Waals surface area contributed by atoms with E-state index in [1.165, 1.54) is 5.56 Å². The number of H-pyrrole nitrogens is 1. The second-order valence-electron chi connectivity index (χ2n) is 9.42. The Morgan fingerprint density at radius 1 is 1.30 bits per heavy atom. The summed E-state index contributed by atoms with van der Waals surface area (Å²) in [6.45, 7) is 9.27. The molecule has 1 aromatic carbocycles. The minimum atomic E-state index is -0.288. The van der Waals surface area contributed by atoms with E-state index in [0.29, 0.717) is 18.0 Å². The molecule has 1 aliphatic rings. The summed E-state index contributed by atoms with van der Waals surface area (Å²) in [4.78, 5) is 22.5. The number of nitrogens with two attached hydrogens (primary N) is 1. The van der Waals surface area contributed by atoms with Crippen LogP contribution in [0, 0.1) is 11.3 Å². The van der Waals surface area contributed by atoms with Gasteiger partial charge in [0, 0.05) is 42.2 Å². The summed E-state index contributed by atoms with van der Waals surface area (Å²) in [6.07, 6.45) is 3.63. The first-order chi connectivity index (χ1) is 14.2. The predicted molar refractivity (Wildman–Crippen MR) is 120 cm³/mol. The van der Waals surface area contributed by atoms with Crippen LogP contribution in [0.3, 0.4) is 0 Å². The monoisotopic (exact) mass is 406 g/mol. The molecule has 7 heteroatoms. The van der Waals surface area contributed by atoms with Gasteiger partial charge in [-0.1, -0.05) is 32.9 Å². The van der Waals surface area contributed by atoms with E-state index in [9.17, 15) is 4.79 Å². The van der Waals surface area contributed by atoms with Crippen molar-refractivity contribution in [3.63, 3.8) is 0 Å². The van der Waals surface area contributed by atoms with Crippen LogP contribution in [-0.2, 0) is 12.0 Å². The van der Waals surface area contributed by atoms with Crippen LogP contribution in [0.15, 0.2) is 41.3 Å². The van der Waals surface area contributed by atoms with E-state index in [2.05, 4.69) is 53.8 Å². The minimum absolute atomic E-state index is 0.0325. The van der Waals surface area contributed by atoms with Crippen LogP contribution in [0.25, 0.3) is 16.7 Å². The van der Waals surface area contributed by atoms with Gasteiger partial charge in [0.05, 0.1) is 11.5 Å². The molecule has 0 saturated carbocycles. The zero-order valence-electron chi connectivity index (χ0n) is 17.9. The van der Waals surface area contributed by atoms with Crippen LogP contribution < -0.4 is 11.4 Å². The maximum atomic E-state index is 12.6. The Bertz CT molecular complexity index is 1120. The van der Waals surface area contributed by atoms with Crippen molar-refractivity contribution in [1.29, 1.82) is 5.41 Å². The SMILES string of the molecule is CC(C)(C)c1cc2cn(-c3ccc(CN4CC[C@@H](CC(=N)N)C4)cc3)c(=O)nc2[nH]1. The minimum Gasteiger partial charge on any atom is -0.388 e. The Balaban J connectivity index is 1.51. The molecule has 1 aliphatic heterocycles. The van der Waals surface area contributed by atoms with Crippen molar-refractivity contribution in [3.05, 3.63) is 58.3 Å². The lowest BCUT2D eigenvalue weighted by Gasteiger charge is -2.16. The molecule has 1 fully saturated rings. The fourth-order valence-corrected chi connectivity index (χ4v) is 4.14. The summed E-state index contributed by atoms with van der Waals surface area (Å²) in [5, 5.41) is 8.40.